The molecule has 238 valence electrons. The Morgan fingerprint density at radius 2 is 1.08 bits per heavy atom. The van der Waals surface area contributed by atoms with E-state index in [0.29, 0.717) is 17.5 Å². The van der Waals surface area contributed by atoms with E-state index in [1.54, 1.807) is 0 Å². The third-order valence-corrected chi connectivity index (χ3v) is 11.0. The highest BCUT2D eigenvalue weighted by molar-refractivity contribution is 7.26. The fourth-order valence-corrected chi connectivity index (χ4v) is 8.85. The maximum absolute atomic E-state index is 6.63. The fourth-order valence-electron chi connectivity index (χ4n) is 7.59. The average Bonchev–Trinajstić information content (AvgIpc) is 3.87. The summed E-state index contributed by atoms with van der Waals surface area (Å²) in [6, 6.07) is 54.7. The number of hydrogen-bond donors (Lipinski definition) is 0. The van der Waals surface area contributed by atoms with Gasteiger partial charge in [0.2, 0.25) is 0 Å². The normalized spacial score (nSPS) is 11.9. The van der Waals surface area contributed by atoms with Crippen molar-refractivity contribution in [2.24, 2.45) is 0 Å². The maximum atomic E-state index is 6.63. The van der Waals surface area contributed by atoms with E-state index in [-0.39, 0.29) is 0 Å². The van der Waals surface area contributed by atoms with Gasteiger partial charge in [-0.2, -0.15) is 0 Å². The van der Waals surface area contributed by atoms with Crippen LogP contribution >= 0.6 is 11.3 Å². The van der Waals surface area contributed by atoms with E-state index >= 15 is 0 Å². The highest BCUT2D eigenvalue weighted by atomic mass is 32.1. The number of para-hydroxylation sites is 2. The summed E-state index contributed by atoms with van der Waals surface area (Å²) >= 11 is 1.86. The molecule has 0 N–H and O–H groups in total. The van der Waals surface area contributed by atoms with E-state index in [4.69, 9.17) is 19.4 Å². The van der Waals surface area contributed by atoms with Gasteiger partial charge in [-0.1, -0.05) is 121 Å². The summed E-state index contributed by atoms with van der Waals surface area (Å²) in [5.41, 5.74) is 7.59. The van der Waals surface area contributed by atoms with Crippen LogP contribution in [0.15, 0.2) is 162 Å². The second kappa shape index (κ2) is 10.9. The van der Waals surface area contributed by atoms with Crippen LogP contribution in [0.3, 0.4) is 0 Å². The summed E-state index contributed by atoms with van der Waals surface area (Å²) in [6.07, 6.45) is 0. The highest BCUT2D eigenvalue weighted by Gasteiger charge is 2.22. The smallest absolute Gasteiger partial charge is 0.164 e. The molecule has 0 saturated heterocycles. The number of aromatic nitrogens is 4. The number of hydrogen-bond acceptors (Lipinski definition) is 5. The van der Waals surface area contributed by atoms with Crippen molar-refractivity contribution in [3.05, 3.63) is 158 Å². The van der Waals surface area contributed by atoms with Crippen molar-refractivity contribution in [3.8, 4) is 39.9 Å². The SMILES string of the molecule is c1ccc(-c2nc(-c3ccccc3)nc(-c3cc(-n4c5ccccc5c5c6sc7ccccc7c6ccc54)cc4oc5ccccc5c34)n2)cc1. The van der Waals surface area contributed by atoms with Gasteiger partial charge in [-0.15, -0.1) is 11.3 Å². The van der Waals surface area contributed by atoms with E-state index in [0.717, 1.165) is 55.3 Å². The minimum Gasteiger partial charge on any atom is -0.456 e. The lowest BCUT2D eigenvalue weighted by Gasteiger charge is -2.13. The van der Waals surface area contributed by atoms with Gasteiger partial charge in [-0.05, 0) is 30.3 Å². The Morgan fingerprint density at radius 1 is 0.451 bits per heavy atom. The number of furan rings is 1. The van der Waals surface area contributed by atoms with Crippen molar-refractivity contribution in [1.82, 2.24) is 19.5 Å². The minimum absolute atomic E-state index is 0.591. The molecule has 0 amide bonds. The number of nitrogens with zero attached hydrogens (tertiary/aromatic N) is 4. The third-order valence-electron chi connectivity index (χ3n) is 9.84. The molecule has 0 spiro atoms. The van der Waals surface area contributed by atoms with Gasteiger partial charge >= 0.3 is 0 Å². The lowest BCUT2D eigenvalue weighted by molar-refractivity contribution is 0.668. The summed E-state index contributed by atoms with van der Waals surface area (Å²) in [5, 5.41) is 7.05. The molecule has 51 heavy (non-hydrogen) atoms. The minimum atomic E-state index is 0.591. The van der Waals surface area contributed by atoms with Gasteiger partial charge in [0, 0.05) is 64.5 Å². The zero-order valence-corrected chi connectivity index (χ0v) is 27.9. The monoisotopic (exact) mass is 670 g/mol. The second-order valence-corrected chi connectivity index (χ2v) is 13.8. The van der Waals surface area contributed by atoms with Crippen molar-refractivity contribution in [3.63, 3.8) is 0 Å². The Labute approximate surface area is 295 Å². The van der Waals surface area contributed by atoms with Crippen LogP contribution in [0.2, 0.25) is 0 Å². The van der Waals surface area contributed by atoms with E-state index in [1.807, 2.05) is 84.1 Å². The molecule has 0 radical (unpaired) electrons. The van der Waals surface area contributed by atoms with Crippen molar-refractivity contribution in [2.45, 2.75) is 0 Å². The summed E-state index contributed by atoms with van der Waals surface area (Å²) < 4.78 is 11.6. The first-order valence-electron chi connectivity index (χ1n) is 16.9. The van der Waals surface area contributed by atoms with Gasteiger partial charge in [0.05, 0.1) is 16.7 Å². The van der Waals surface area contributed by atoms with Gasteiger partial charge in [0.15, 0.2) is 17.5 Å². The average molecular weight is 671 g/mol. The van der Waals surface area contributed by atoms with Gasteiger partial charge in [-0.25, -0.2) is 15.0 Å². The Morgan fingerprint density at radius 3 is 1.84 bits per heavy atom. The standard InChI is InChI=1S/C45H26N4OS/c1-3-13-27(14-4-1)43-46-44(28-15-5-2-6-16-28)48-45(47-43)34-25-29(26-38-40(34)33-19-8-11-21-37(33)50-38)49-35-20-10-7-18-32(35)41-36(49)24-23-31-30-17-9-12-22-39(30)51-42(31)41/h1-26H. The molecule has 0 unspecified atom stereocenters. The quantitative estimate of drug-likeness (QED) is 0.187. The van der Waals surface area contributed by atoms with E-state index in [9.17, 15) is 0 Å². The summed E-state index contributed by atoms with van der Waals surface area (Å²) in [6.45, 7) is 0. The number of rotatable bonds is 4. The Hall–Kier alpha value is -6.63. The Balaban J connectivity index is 1.25. The molecule has 6 heteroatoms. The van der Waals surface area contributed by atoms with Gasteiger partial charge < -0.3 is 8.98 Å². The molecule has 0 atom stereocenters. The van der Waals surface area contributed by atoms with E-state index in [1.165, 1.54) is 30.9 Å². The van der Waals surface area contributed by atoms with Crippen molar-refractivity contribution < 1.29 is 4.42 Å². The topological polar surface area (TPSA) is 56.7 Å². The molecular weight excluding hydrogens is 645 g/mol. The molecule has 11 aromatic rings. The second-order valence-electron chi connectivity index (χ2n) is 12.8. The highest BCUT2D eigenvalue weighted by Crippen LogP contribution is 2.45. The molecule has 7 aromatic carbocycles. The van der Waals surface area contributed by atoms with Crippen molar-refractivity contribution in [1.29, 1.82) is 0 Å². The van der Waals surface area contributed by atoms with Gasteiger partial charge in [0.25, 0.3) is 0 Å². The van der Waals surface area contributed by atoms with Crippen molar-refractivity contribution >= 4 is 75.3 Å². The maximum Gasteiger partial charge on any atom is 0.164 e. The largest absolute Gasteiger partial charge is 0.456 e. The molecule has 0 aliphatic carbocycles. The fraction of sp³-hybridized carbons (Fsp3) is 0. The molecular formula is C45H26N4OS. The first kappa shape index (κ1) is 28.2. The van der Waals surface area contributed by atoms with Crippen LogP contribution < -0.4 is 0 Å². The van der Waals surface area contributed by atoms with Crippen LogP contribution in [-0.2, 0) is 0 Å². The summed E-state index contributed by atoms with van der Waals surface area (Å²) in [7, 11) is 0. The summed E-state index contributed by atoms with van der Waals surface area (Å²) in [4.78, 5) is 15.3. The van der Waals surface area contributed by atoms with E-state index in [2.05, 4.69) is 89.5 Å². The molecule has 0 bridgehead atoms. The van der Waals surface area contributed by atoms with Gasteiger partial charge in [0.1, 0.15) is 11.2 Å². The molecule has 0 saturated carbocycles. The number of fused-ring (bicyclic) bond motifs is 10. The lowest BCUT2D eigenvalue weighted by atomic mass is 10.0. The first-order chi connectivity index (χ1) is 25.3. The molecule has 0 aliphatic heterocycles. The Kier molecular flexibility index (Phi) is 6.05. The number of benzene rings is 7. The third kappa shape index (κ3) is 4.30. The number of thiophene rings is 1. The zero-order chi connectivity index (χ0) is 33.5. The molecule has 5 nitrogen and oxygen atoms in total. The zero-order valence-electron chi connectivity index (χ0n) is 27.1. The van der Waals surface area contributed by atoms with Gasteiger partial charge in [-0.3, -0.25) is 0 Å². The lowest BCUT2D eigenvalue weighted by Crippen LogP contribution is -2.01. The molecule has 11 rings (SSSR count). The van der Waals surface area contributed by atoms with Crippen LogP contribution in [0.1, 0.15) is 0 Å². The van der Waals surface area contributed by atoms with Crippen LogP contribution in [0.25, 0.3) is 104 Å². The Bertz CT molecular complexity index is 3080. The first-order valence-corrected chi connectivity index (χ1v) is 17.8. The molecule has 0 aliphatic rings. The van der Waals surface area contributed by atoms with E-state index < -0.39 is 0 Å². The van der Waals surface area contributed by atoms with Crippen molar-refractivity contribution in [2.75, 3.05) is 0 Å². The predicted molar refractivity (Wildman–Crippen MR) is 211 cm³/mol. The van der Waals surface area contributed by atoms with Crippen LogP contribution in [0, 0.1) is 0 Å². The predicted octanol–water partition coefficient (Wildman–Crippen LogP) is 12.2. The molecule has 4 aromatic heterocycles. The van der Waals surface area contributed by atoms with Crippen LogP contribution in [0.4, 0.5) is 0 Å². The molecule has 4 heterocycles. The summed E-state index contributed by atoms with van der Waals surface area (Å²) in [5.74, 6) is 1.83. The van der Waals surface area contributed by atoms with Crippen LogP contribution in [0.5, 0.6) is 0 Å². The molecule has 0 fully saturated rings. The van der Waals surface area contributed by atoms with Crippen LogP contribution in [-0.4, -0.2) is 19.5 Å².